The Hall–Kier alpha value is -4.60. The van der Waals surface area contributed by atoms with Crippen molar-refractivity contribution in [3.8, 4) is 57.1 Å². The van der Waals surface area contributed by atoms with Gasteiger partial charge >= 0.3 is 0 Å². The molecule has 2 aliphatic heterocycles. The summed E-state index contributed by atoms with van der Waals surface area (Å²) in [5.74, 6) is 3.32. The predicted octanol–water partition coefficient (Wildman–Crippen LogP) is 6.45. The molecular weight excluding hydrogens is 596 g/mol. The zero-order chi connectivity index (χ0) is 33.0. The number of ether oxygens (including phenoxy) is 5. The fourth-order valence-corrected chi connectivity index (χ4v) is 7.70. The molecule has 1 aliphatic carbocycles. The topological polar surface area (TPSA) is 93.1 Å². The van der Waals surface area contributed by atoms with Gasteiger partial charge < -0.3 is 33.9 Å². The molecule has 0 spiro atoms. The lowest BCUT2D eigenvalue weighted by molar-refractivity contribution is 0.225. The van der Waals surface area contributed by atoms with E-state index in [4.69, 9.17) is 23.7 Å². The summed E-state index contributed by atoms with van der Waals surface area (Å²) < 4.78 is 29.4. The Labute approximate surface area is 275 Å². The van der Waals surface area contributed by atoms with Crippen LogP contribution in [0.25, 0.3) is 11.1 Å². The van der Waals surface area contributed by atoms with Crippen LogP contribution in [-0.2, 0) is 25.7 Å². The molecule has 0 fully saturated rings. The second-order valence-electron chi connectivity index (χ2n) is 12.7. The maximum Gasteiger partial charge on any atom is 0.201 e. The van der Waals surface area contributed by atoms with Crippen LogP contribution < -0.4 is 23.7 Å². The minimum absolute atomic E-state index is 0.0306. The van der Waals surface area contributed by atoms with Gasteiger partial charge in [-0.15, -0.1) is 0 Å². The lowest BCUT2D eigenvalue weighted by Gasteiger charge is -2.41. The summed E-state index contributed by atoms with van der Waals surface area (Å²) in [7, 11) is 10.7. The molecule has 9 nitrogen and oxygen atoms in total. The van der Waals surface area contributed by atoms with Crippen molar-refractivity contribution in [2.75, 3.05) is 55.6 Å². The number of phenols is 2. The zero-order valence-corrected chi connectivity index (χ0v) is 27.8. The first-order chi connectivity index (χ1) is 22.8. The number of phenolic OH excluding ortho intramolecular Hbond substituents is 2. The number of hydrogen-bond donors (Lipinski definition) is 2. The van der Waals surface area contributed by atoms with E-state index in [0.29, 0.717) is 40.9 Å². The molecule has 2 N–H and O–H groups in total. The van der Waals surface area contributed by atoms with Crippen molar-refractivity contribution in [1.29, 1.82) is 0 Å². The van der Waals surface area contributed by atoms with Crippen molar-refractivity contribution >= 4 is 0 Å². The molecule has 0 radical (unpaired) electrons. The Morgan fingerprint density at radius 3 is 2.15 bits per heavy atom. The van der Waals surface area contributed by atoms with Crippen LogP contribution in [0.15, 0.2) is 48.5 Å². The average Bonchev–Trinajstić information content (AvgIpc) is 3.08. The molecule has 47 heavy (non-hydrogen) atoms. The second-order valence-corrected chi connectivity index (χ2v) is 12.7. The van der Waals surface area contributed by atoms with Gasteiger partial charge in [0.2, 0.25) is 5.75 Å². The van der Waals surface area contributed by atoms with Gasteiger partial charge in [0.15, 0.2) is 34.5 Å². The quantitative estimate of drug-likeness (QED) is 0.226. The van der Waals surface area contributed by atoms with Gasteiger partial charge in [-0.25, -0.2) is 0 Å². The van der Waals surface area contributed by atoms with E-state index in [2.05, 4.69) is 42.1 Å². The van der Waals surface area contributed by atoms with E-state index in [0.717, 1.165) is 60.2 Å². The summed E-state index contributed by atoms with van der Waals surface area (Å²) in [6, 6.07) is 16.1. The molecule has 246 valence electrons. The van der Waals surface area contributed by atoms with Crippen LogP contribution in [0.5, 0.6) is 46.0 Å². The number of hydrogen-bond acceptors (Lipinski definition) is 9. The maximum absolute atomic E-state index is 11.5. The van der Waals surface area contributed by atoms with Crippen LogP contribution in [0.3, 0.4) is 0 Å². The first kappa shape index (κ1) is 31.0. The molecular formula is C38H42N2O7. The molecule has 2 heterocycles. The SMILES string of the molecule is COc1cc2c(cc1O)CCN(C)[C@H]2Cc1ccc(Oc2c(O)c(OC)cc3c2C[C@H]2c4c(cc(OC)c(OC)c4-3)CCN2C)cc1. The summed E-state index contributed by atoms with van der Waals surface area (Å²) in [5, 5.41) is 21.8. The van der Waals surface area contributed by atoms with E-state index in [1.165, 1.54) is 16.7 Å². The van der Waals surface area contributed by atoms with Gasteiger partial charge in [-0.2, -0.15) is 0 Å². The first-order valence-electron chi connectivity index (χ1n) is 16.0. The summed E-state index contributed by atoms with van der Waals surface area (Å²) in [5.41, 5.74) is 8.71. The average molecular weight is 639 g/mol. The number of likely N-dealkylation sites (N-methyl/N-ethyl adjacent to an activating group) is 2. The van der Waals surface area contributed by atoms with Crippen molar-refractivity contribution in [3.05, 3.63) is 81.9 Å². The van der Waals surface area contributed by atoms with Crippen LogP contribution in [0, 0.1) is 0 Å². The molecule has 2 atom stereocenters. The van der Waals surface area contributed by atoms with Crippen molar-refractivity contribution in [1.82, 2.24) is 9.80 Å². The molecule has 0 amide bonds. The number of aromatic hydroxyl groups is 2. The highest BCUT2D eigenvalue weighted by Gasteiger charge is 2.39. The summed E-state index contributed by atoms with van der Waals surface area (Å²) in [4.78, 5) is 4.70. The fraction of sp³-hybridized carbons (Fsp3) is 0.368. The van der Waals surface area contributed by atoms with Crippen molar-refractivity contribution in [3.63, 3.8) is 0 Å². The van der Waals surface area contributed by atoms with Gasteiger partial charge in [-0.1, -0.05) is 12.1 Å². The van der Waals surface area contributed by atoms with Crippen molar-refractivity contribution < 1.29 is 33.9 Å². The van der Waals surface area contributed by atoms with Gasteiger partial charge in [0.25, 0.3) is 0 Å². The lowest BCUT2D eigenvalue weighted by Crippen LogP contribution is -2.35. The Morgan fingerprint density at radius 1 is 0.745 bits per heavy atom. The Balaban J connectivity index is 1.25. The normalized spacial score (nSPS) is 18.5. The predicted molar refractivity (Wildman–Crippen MR) is 180 cm³/mol. The Bertz CT molecular complexity index is 1840. The third kappa shape index (κ3) is 5.18. The molecule has 3 aliphatic rings. The first-order valence-corrected chi connectivity index (χ1v) is 16.0. The highest BCUT2D eigenvalue weighted by atomic mass is 16.5. The zero-order valence-electron chi connectivity index (χ0n) is 27.8. The number of benzene rings is 4. The molecule has 0 saturated heterocycles. The standard InChI is InChI=1S/C38H42N2O7/c1-39-13-11-22-16-30(41)31(43-3)19-25(22)28(39)15-21-7-9-24(10-8-21)47-37-27-18-29-34-23(12-14-40(29)2)17-33(45-5)38(46-6)35(34)26(27)20-32(44-4)36(37)42/h7-10,16-17,19-20,28-29,41-42H,11-15,18H2,1-6H3/t28-,29-/m0/s1. The van der Waals surface area contributed by atoms with Crippen molar-refractivity contribution in [2.45, 2.75) is 37.8 Å². The third-order valence-corrected chi connectivity index (χ3v) is 10.2. The van der Waals surface area contributed by atoms with Crippen LogP contribution in [0.4, 0.5) is 0 Å². The summed E-state index contributed by atoms with van der Waals surface area (Å²) >= 11 is 0. The molecule has 0 unspecified atom stereocenters. The Morgan fingerprint density at radius 2 is 1.45 bits per heavy atom. The highest BCUT2D eigenvalue weighted by Crippen LogP contribution is 2.57. The smallest absolute Gasteiger partial charge is 0.201 e. The van der Waals surface area contributed by atoms with Gasteiger partial charge in [-0.3, -0.25) is 9.80 Å². The molecule has 0 saturated carbocycles. The monoisotopic (exact) mass is 638 g/mol. The third-order valence-electron chi connectivity index (χ3n) is 10.2. The minimum Gasteiger partial charge on any atom is -0.504 e. The van der Waals surface area contributed by atoms with E-state index in [1.54, 1.807) is 28.4 Å². The van der Waals surface area contributed by atoms with Crippen LogP contribution in [0.1, 0.15) is 45.5 Å². The number of fused-ring (bicyclic) bond motifs is 3. The molecule has 0 bridgehead atoms. The minimum atomic E-state index is -0.0306. The van der Waals surface area contributed by atoms with Crippen LogP contribution in [-0.4, -0.2) is 75.6 Å². The van der Waals surface area contributed by atoms with Crippen LogP contribution in [0.2, 0.25) is 0 Å². The van der Waals surface area contributed by atoms with Gasteiger partial charge in [0.1, 0.15) is 5.75 Å². The van der Waals surface area contributed by atoms with Crippen LogP contribution >= 0.6 is 0 Å². The van der Waals surface area contributed by atoms with E-state index in [9.17, 15) is 10.2 Å². The second kappa shape index (κ2) is 12.2. The Kier molecular flexibility index (Phi) is 8.06. The number of rotatable bonds is 8. The number of nitrogens with zero attached hydrogens (tertiary/aromatic N) is 2. The summed E-state index contributed by atoms with van der Waals surface area (Å²) in [6.45, 7) is 1.82. The lowest BCUT2D eigenvalue weighted by atomic mass is 9.76. The summed E-state index contributed by atoms with van der Waals surface area (Å²) in [6.07, 6.45) is 3.24. The van der Waals surface area contributed by atoms with Crippen molar-refractivity contribution in [2.24, 2.45) is 0 Å². The van der Waals surface area contributed by atoms with E-state index < -0.39 is 0 Å². The van der Waals surface area contributed by atoms with Gasteiger partial charge in [0, 0.05) is 36.3 Å². The number of methoxy groups -OCH3 is 4. The molecule has 0 aromatic heterocycles. The molecule has 7 rings (SSSR count). The van der Waals surface area contributed by atoms with E-state index in [-0.39, 0.29) is 23.6 Å². The van der Waals surface area contributed by atoms with Gasteiger partial charge in [-0.05, 0) is 110 Å². The molecule has 9 heteroatoms. The molecule has 4 aromatic rings. The maximum atomic E-state index is 11.5. The fourth-order valence-electron chi connectivity index (χ4n) is 7.70. The van der Waals surface area contributed by atoms with E-state index in [1.807, 2.05) is 30.3 Å². The van der Waals surface area contributed by atoms with E-state index >= 15 is 0 Å². The van der Waals surface area contributed by atoms with Gasteiger partial charge in [0.05, 0.1) is 28.4 Å². The molecule has 4 aromatic carbocycles. The largest absolute Gasteiger partial charge is 0.504 e. The highest BCUT2D eigenvalue weighted by molar-refractivity contribution is 5.87.